The Bertz CT molecular complexity index is 1080. The summed E-state index contributed by atoms with van der Waals surface area (Å²) in [6.45, 7) is 4.99. The lowest BCUT2D eigenvalue weighted by molar-refractivity contribution is -0.108. The lowest BCUT2D eigenvalue weighted by atomic mass is 10.1. The van der Waals surface area contributed by atoms with Crippen molar-refractivity contribution >= 4 is 41.7 Å². The van der Waals surface area contributed by atoms with Gasteiger partial charge in [0.15, 0.2) is 6.29 Å². The molecule has 2 aromatic rings. The molecule has 0 bridgehead atoms. The first-order chi connectivity index (χ1) is 17.8. The summed E-state index contributed by atoms with van der Waals surface area (Å²) in [7, 11) is 3.87. The molecule has 0 spiro atoms. The van der Waals surface area contributed by atoms with E-state index in [0.717, 1.165) is 49.0 Å². The van der Waals surface area contributed by atoms with E-state index in [4.69, 9.17) is 5.73 Å². The highest BCUT2D eigenvalue weighted by Crippen LogP contribution is 2.26. The molecule has 2 heterocycles. The summed E-state index contributed by atoms with van der Waals surface area (Å²) in [5.41, 5.74) is 9.05. The third kappa shape index (κ3) is 9.74. The Labute approximate surface area is 224 Å². The minimum absolute atomic E-state index is 0.173. The highest BCUT2D eigenvalue weighted by atomic mass is 32.2. The fourth-order valence-electron chi connectivity index (χ4n) is 3.78. The molecule has 0 aliphatic rings. The van der Waals surface area contributed by atoms with Crippen LogP contribution in [0.5, 0.6) is 0 Å². The van der Waals surface area contributed by atoms with Gasteiger partial charge in [-0.05, 0) is 63.9 Å². The molecular formula is C26H38N8O2S. The normalized spacial score (nSPS) is 11.8. The van der Waals surface area contributed by atoms with Gasteiger partial charge in [0.25, 0.3) is 0 Å². The molecule has 0 aliphatic heterocycles. The quantitative estimate of drug-likeness (QED) is 0.262. The molecule has 0 aliphatic carbocycles. The number of aryl methyl sites for hydroxylation is 1. The molecular weight excluding hydrogens is 488 g/mol. The molecule has 1 unspecified atom stereocenters. The van der Waals surface area contributed by atoms with Gasteiger partial charge in [-0.15, -0.1) is 0 Å². The average Bonchev–Trinajstić information content (AvgIpc) is 2.87. The largest absolute Gasteiger partial charge is 0.381 e. The van der Waals surface area contributed by atoms with E-state index < -0.39 is 0 Å². The Morgan fingerprint density at radius 3 is 2.62 bits per heavy atom. The maximum atomic E-state index is 12.0. The highest BCUT2D eigenvalue weighted by Gasteiger charge is 2.15. The molecule has 2 rings (SSSR count). The first-order valence-electron chi connectivity index (χ1n) is 12.3. The zero-order valence-corrected chi connectivity index (χ0v) is 23.0. The number of aldehydes is 2. The maximum absolute atomic E-state index is 12.0. The van der Waals surface area contributed by atoms with Crippen molar-refractivity contribution in [2.75, 3.05) is 62.9 Å². The summed E-state index contributed by atoms with van der Waals surface area (Å²) in [4.78, 5) is 35.8. The van der Waals surface area contributed by atoms with Crippen molar-refractivity contribution in [3.63, 3.8) is 0 Å². The van der Waals surface area contributed by atoms with Crippen molar-refractivity contribution in [2.45, 2.75) is 32.4 Å². The van der Waals surface area contributed by atoms with E-state index in [1.54, 1.807) is 17.8 Å². The third-order valence-corrected chi connectivity index (χ3v) is 6.59. The van der Waals surface area contributed by atoms with Gasteiger partial charge in [0, 0.05) is 43.7 Å². The summed E-state index contributed by atoms with van der Waals surface area (Å²) in [5.74, 6) is 1.97. The van der Waals surface area contributed by atoms with E-state index in [1.807, 2.05) is 31.3 Å². The number of anilines is 3. The maximum Gasteiger partial charge on any atom is 0.168 e. The second kappa shape index (κ2) is 15.9. The average molecular weight is 527 g/mol. The number of hydrogen-bond acceptors (Lipinski definition) is 11. The monoisotopic (exact) mass is 526 g/mol. The molecule has 200 valence electrons. The molecule has 2 aromatic heterocycles. The van der Waals surface area contributed by atoms with E-state index in [2.05, 4.69) is 38.5 Å². The van der Waals surface area contributed by atoms with Crippen LogP contribution in [0.15, 0.2) is 18.3 Å². The number of thioether (sulfide) groups is 1. The first kappa shape index (κ1) is 30.2. The molecule has 0 fully saturated rings. The first-order valence-corrected chi connectivity index (χ1v) is 13.7. The summed E-state index contributed by atoms with van der Waals surface area (Å²) in [5, 5.41) is 16.1. The van der Waals surface area contributed by atoms with Crippen molar-refractivity contribution in [3.8, 4) is 6.07 Å². The molecule has 37 heavy (non-hydrogen) atoms. The lowest BCUT2D eigenvalue weighted by Gasteiger charge is -2.22. The molecule has 1 atom stereocenters. The van der Waals surface area contributed by atoms with Crippen LogP contribution >= 0.6 is 11.8 Å². The predicted molar refractivity (Wildman–Crippen MR) is 151 cm³/mol. The number of nitrogens with zero attached hydrogens (tertiary/aromatic N) is 5. The third-order valence-electron chi connectivity index (χ3n) is 5.76. The Balaban J connectivity index is 2.32. The van der Waals surface area contributed by atoms with Gasteiger partial charge in [-0.2, -0.15) is 17.0 Å². The lowest BCUT2D eigenvalue weighted by Crippen LogP contribution is -2.31. The number of pyridine rings is 2. The van der Waals surface area contributed by atoms with E-state index >= 15 is 0 Å². The Kier molecular flexibility index (Phi) is 13.0. The van der Waals surface area contributed by atoms with Crippen LogP contribution in [0.2, 0.25) is 0 Å². The smallest absolute Gasteiger partial charge is 0.168 e. The molecule has 11 heteroatoms. The van der Waals surface area contributed by atoms with E-state index in [9.17, 15) is 14.9 Å². The molecule has 0 aromatic carbocycles. The van der Waals surface area contributed by atoms with Gasteiger partial charge in [-0.1, -0.05) is 0 Å². The highest BCUT2D eigenvalue weighted by molar-refractivity contribution is 7.98. The van der Waals surface area contributed by atoms with Crippen molar-refractivity contribution < 1.29 is 9.59 Å². The van der Waals surface area contributed by atoms with Crippen LogP contribution in [0, 0.1) is 11.3 Å². The second-order valence-corrected chi connectivity index (χ2v) is 9.98. The number of carbonyl (C=O) groups excluding carboxylic acids is 2. The number of carbonyl (C=O) groups is 2. The number of nitriles is 1. The van der Waals surface area contributed by atoms with Crippen LogP contribution in [0.25, 0.3) is 0 Å². The molecule has 0 saturated heterocycles. The van der Waals surface area contributed by atoms with Crippen LogP contribution in [-0.2, 0) is 17.8 Å². The SMILES string of the molecule is CSCC(C)Nc1cc(Nc2nc(C=O)c(CN(C)CCN(C)CC=O)cc2CCCN)ncc1C#N. The van der Waals surface area contributed by atoms with Gasteiger partial charge >= 0.3 is 0 Å². The zero-order chi connectivity index (χ0) is 27.2. The number of rotatable bonds is 17. The summed E-state index contributed by atoms with van der Waals surface area (Å²) < 4.78 is 0. The van der Waals surface area contributed by atoms with Gasteiger partial charge in [0.05, 0.1) is 17.8 Å². The number of likely N-dealkylation sites (N-methyl/N-ethyl adjacent to an activating group) is 2. The molecule has 0 saturated carbocycles. The van der Waals surface area contributed by atoms with Crippen LogP contribution in [0.3, 0.4) is 0 Å². The minimum atomic E-state index is 0.173. The van der Waals surface area contributed by atoms with Crippen LogP contribution in [-0.4, -0.2) is 90.7 Å². The van der Waals surface area contributed by atoms with E-state index in [1.165, 1.54) is 6.20 Å². The minimum Gasteiger partial charge on any atom is -0.381 e. The van der Waals surface area contributed by atoms with Gasteiger partial charge in [0.1, 0.15) is 29.7 Å². The second-order valence-electron chi connectivity index (χ2n) is 9.07. The predicted octanol–water partition coefficient (Wildman–Crippen LogP) is 2.52. The van der Waals surface area contributed by atoms with Crippen molar-refractivity contribution in [3.05, 3.63) is 40.7 Å². The fraction of sp³-hybridized carbons (Fsp3) is 0.500. The van der Waals surface area contributed by atoms with Crippen molar-refractivity contribution in [1.82, 2.24) is 19.8 Å². The molecule has 0 radical (unpaired) electrons. The van der Waals surface area contributed by atoms with E-state index in [0.29, 0.717) is 54.6 Å². The zero-order valence-electron chi connectivity index (χ0n) is 22.2. The number of hydrogen-bond donors (Lipinski definition) is 3. The van der Waals surface area contributed by atoms with Crippen molar-refractivity contribution in [1.29, 1.82) is 5.26 Å². The van der Waals surface area contributed by atoms with Gasteiger partial charge in [-0.3, -0.25) is 9.69 Å². The van der Waals surface area contributed by atoms with Crippen molar-refractivity contribution in [2.24, 2.45) is 5.73 Å². The number of nitrogens with two attached hydrogens (primary N) is 1. The van der Waals surface area contributed by atoms with Crippen LogP contribution in [0.4, 0.5) is 17.3 Å². The topological polar surface area (TPSA) is 140 Å². The summed E-state index contributed by atoms with van der Waals surface area (Å²) >= 11 is 1.72. The molecule has 10 nitrogen and oxygen atoms in total. The Hall–Kier alpha value is -3.04. The van der Waals surface area contributed by atoms with E-state index in [-0.39, 0.29) is 6.04 Å². The van der Waals surface area contributed by atoms with Crippen LogP contribution in [0.1, 0.15) is 40.5 Å². The standard InChI is InChI=1S/C26H38N8O2S/c1-19(18-37-4)30-23-13-25(29-15-22(23)14-28)32-26-20(6-5-7-27)12-21(24(17-36)31-26)16-34(3)9-8-33(2)10-11-35/h11-13,15,17,19H,5-10,16,18,27H2,1-4H3,(H2,29,30,31,32). The molecule has 4 N–H and O–H groups in total. The number of aromatic nitrogens is 2. The van der Waals surface area contributed by atoms with Gasteiger partial charge in [0.2, 0.25) is 0 Å². The Morgan fingerprint density at radius 1 is 1.22 bits per heavy atom. The van der Waals surface area contributed by atoms with Gasteiger partial charge in [-0.25, -0.2) is 9.97 Å². The summed E-state index contributed by atoms with van der Waals surface area (Å²) in [6, 6.07) is 6.15. The summed E-state index contributed by atoms with van der Waals surface area (Å²) in [6.07, 6.45) is 6.68. The molecule has 0 amide bonds. The Morgan fingerprint density at radius 2 is 1.97 bits per heavy atom. The van der Waals surface area contributed by atoms with Gasteiger partial charge < -0.3 is 26.1 Å². The van der Waals surface area contributed by atoms with Crippen LogP contribution < -0.4 is 16.4 Å². The number of nitrogens with one attached hydrogen (secondary N) is 2. The fourth-order valence-corrected chi connectivity index (χ4v) is 4.36.